The van der Waals surface area contributed by atoms with E-state index in [1.807, 2.05) is 0 Å². The highest BCUT2D eigenvalue weighted by atomic mass is 15.0. The molecule has 3 aliphatic rings. The summed E-state index contributed by atoms with van der Waals surface area (Å²) in [6.07, 6.45) is 10.2. The molecule has 2 aliphatic heterocycles. The van der Waals surface area contributed by atoms with E-state index in [1.54, 1.807) is 0 Å². The summed E-state index contributed by atoms with van der Waals surface area (Å²) < 4.78 is 0. The lowest BCUT2D eigenvalue weighted by Crippen LogP contribution is -2.45. The summed E-state index contributed by atoms with van der Waals surface area (Å²) >= 11 is 0. The fraction of sp³-hybridized carbons (Fsp3) is 1.00. The number of hydrogen-bond acceptors (Lipinski definition) is 1. The largest absolute Gasteiger partial charge is 0.311 e. The molecule has 2 bridgehead atoms. The van der Waals surface area contributed by atoms with Crippen molar-refractivity contribution in [3.05, 3.63) is 0 Å². The first-order chi connectivity index (χ1) is 9.06. The van der Waals surface area contributed by atoms with E-state index in [-0.39, 0.29) is 0 Å². The lowest BCUT2D eigenvalue weighted by Gasteiger charge is -2.40. The Kier molecular flexibility index (Phi) is 3.71. The molecule has 1 nitrogen and oxygen atoms in total. The zero-order valence-corrected chi connectivity index (χ0v) is 13.4. The first kappa shape index (κ1) is 13.9. The standard InChI is InChI=1S/C18H33N/c1-5-12(3)17-14(6-2)15-10-18(4,9-13-7-8-13)11-16(17)19-15/h12-17,19H,5-11H2,1-4H3/t12?,14?,15-,16?,17+,18-/m0/s1. The lowest BCUT2D eigenvalue weighted by molar-refractivity contribution is 0.145. The topological polar surface area (TPSA) is 12.0 Å². The summed E-state index contributed by atoms with van der Waals surface area (Å²) in [5, 5.41) is 4.01. The molecule has 0 spiro atoms. The summed E-state index contributed by atoms with van der Waals surface area (Å²) in [6, 6.07) is 1.65. The lowest BCUT2D eigenvalue weighted by atomic mass is 9.72. The first-order valence-corrected chi connectivity index (χ1v) is 8.82. The van der Waals surface area contributed by atoms with Crippen molar-refractivity contribution in [3.8, 4) is 0 Å². The third kappa shape index (κ3) is 2.60. The maximum atomic E-state index is 4.01. The van der Waals surface area contributed by atoms with Crippen LogP contribution >= 0.6 is 0 Å². The second-order valence-corrected chi connectivity index (χ2v) is 8.28. The van der Waals surface area contributed by atoms with Crippen LogP contribution in [0.25, 0.3) is 0 Å². The van der Waals surface area contributed by atoms with Gasteiger partial charge in [-0.05, 0) is 48.3 Å². The van der Waals surface area contributed by atoms with Crippen molar-refractivity contribution < 1.29 is 0 Å². The first-order valence-electron chi connectivity index (χ1n) is 8.82. The van der Waals surface area contributed by atoms with Crippen LogP contribution in [0.3, 0.4) is 0 Å². The smallest absolute Gasteiger partial charge is 0.0109 e. The molecule has 2 saturated heterocycles. The molecule has 1 saturated carbocycles. The van der Waals surface area contributed by atoms with Crippen molar-refractivity contribution in [1.29, 1.82) is 0 Å². The van der Waals surface area contributed by atoms with Gasteiger partial charge in [0.1, 0.15) is 0 Å². The summed E-state index contributed by atoms with van der Waals surface area (Å²) in [5.41, 5.74) is 0.650. The van der Waals surface area contributed by atoms with Crippen LogP contribution in [0.1, 0.15) is 72.6 Å². The quantitative estimate of drug-likeness (QED) is 0.763. The molecular weight excluding hydrogens is 230 g/mol. The van der Waals surface area contributed by atoms with Crippen LogP contribution in [0.5, 0.6) is 0 Å². The molecule has 2 heterocycles. The Balaban J connectivity index is 1.76. The summed E-state index contributed by atoms with van der Waals surface area (Å²) in [7, 11) is 0. The Morgan fingerprint density at radius 2 is 1.84 bits per heavy atom. The molecule has 0 aromatic heterocycles. The van der Waals surface area contributed by atoms with E-state index >= 15 is 0 Å². The Morgan fingerprint density at radius 3 is 2.42 bits per heavy atom. The van der Waals surface area contributed by atoms with Gasteiger partial charge in [-0.15, -0.1) is 0 Å². The molecule has 19 heavy (non-hydrogen) atoms. The van der Waals surface area contributed by atoms with Gasteiger partial charge in [0.15, 0.2) is 0 Å². The average molecular weight is 263 g/mol. The average Bonchev–Trinajstić information content (AvgIpc) is 3.12. The molecular formula is C18H33N. The molecule has 6 atom stereocenters. The Morgan fingerprint density at radius 1 is 1.16 bits per heavy atom. The number of hydrogen-bond donors (Lipinski definition) is 1. The highest BCUT2D eigenvalue weighted by Gasteiger charge is 2.52. The van der Waals surface area contributed by atoms with Gasteiger partial charge in [0.2, 0.25) is 0 Å². The molecule has 0 amide bonds. The molecule has 3 rings (SSSR count). The van der Waals surface area contributed by atoms with Gasteiger partial charge in [0, 0.05) is 12.1 Å². The van der Waals surface area contributed by atoms with Crippen molar-refractivity contribution in [1.82, 2.24) is 5.32 Å². The van der Waals surface area contributed by atoms with E-state index in [2.05, 4.69) is 33.0 Å². The minimum absolute atomic E-state index is 0.650. The van der Waals surface area contributed by atoms with Crippen LogP contribution in [0.15, 0.2) is 0 Å². The van der Waals surface area contributed by atoms with Crippen molar-refractivity contribution in [3.63, 3.8) is 0 Å². The van der Waals surface area contributed by atoms with Crippen LogP contribution in [-0.4, -0.2) is 12.1 Å². The minimum Gasteiger partial charge on any atom is -0.311 e. The van der Waals surface area contributed by atoms with E-state index in [1.165, 1.54) is 44.9 Å². The predicted molar refractivity (Wildman–Crippen MR) is 82.1 cm³/mol. The van der Waals surface area contributed by atoms with Crippen LogP contribution in [0.4, 0.5) is 0 Å². The highest BCUT2D eigenvalue weighted by molar-refractivity contribution is 5.07. The Labute approximate surface area is 119 Å². The van der Waals surface area contributed by atoms with E-state index in [0.717, 1.165) is 35.8 Å². The molecule has 110 valence electrons. The molecule has 1 aliphatic carbocycles. The van der Waals surface area contributed by atoms with Gasteiger partial charge in [-0.3, -0.25) is 0 Å². The van der Waals surface area contributed by atoms with E-state index in [9.17, 15) is 0 Å². The highest BCUT2D eigenvalue weighted by Crippen LogP contribution is 2.53. The molecule has 1 N–H and O–H groups in total. The van der Waals surface area contributed by atoms with Gasteiger partial charge >= 0.3 is 0 Å². The summed E-state index contributed by atoms with van der Waals surface area (Å²) in [5.74, 6) is 3.88. The predicted octanol–water partition coefficient (Wildman–Crippen LogP) is 4.62. The van der Waals surface area contributed by atoms with E-state index in [0.29, 0.717) is 5.41 Å². The van der Waals surface area contributed by atoms with Gasteiger partial charge in [0.05, 0.1) is 0 Å². The van der Waals surface area contributed by atoms with Crippen molar-refractivity contribution in [2.75, 3.05) is 0 Å². The van der Waals surface area contributed by atoms with Gasteiger partial charge in [-0.1, -0.05) is 53.4 Å². The SMILES string of the molecule is CCC(C)[C@H]1C2C[C@@](C)(CC3CC3)C[C@H](N2)C1CC. The Bertz CT molecular complexity index is 322. The van der Waals surface area contributed by atoms with E-state index in [4.69, 9.17) is 0 Å². The van der Waals surface area contributed by atoms with Crippen LogP contribution in [0, 0.1) is 29.1 Å². The van der Waals surface area contributed by atoms with Crippen molar-refractivity contribution in [2.45, 2.75) is 84.7 Å². The summed E-state index contributed by atoms with van der Waals surface area (Å²) in [4.78, 5) is 0. The van der Waals surface area contributed by atoms with E-state index < -0.39 is 0 Å². The van der Waals surface area contributed by atoms with Crippen molar-refractivity contribution >= 4 is 0 Å². The van der Waals surface area contributed by atoms with Gasteiger partial charge in [0.25, 0.3) is 0 Å². The number of fused-ring (bicyclic) bond motifs is 2. The zero-order chi connectivity index (χ0) is 13.6. The second kappa shape index (κ2) is 5.06. The second-order valence-electron chi connectivity index (χ2n) is 8.28. The minimum atomic E-state index is 0.650. The molecule has 0 radical (unpaired) electrons. The molecule has 0 aromatic carbocycles. The normalized spacial score (nSPS) is 47.4. The van der Waals surface area contributed by atoms with Crippen LogP contribution in [-0.2, 0) is 0 Å². The maximum absolute atomic E-state index is 4.01. The Hall–Kier alpha value is -0.0400. The van der Waals surface area contributed by atoms with Gasteiger partial charge in [-0.25, -0.2) is 0 Å². The van der Waals surface area contributed by atoms with Gasteiger partial charge in [-0.2, -0.15) is 0 Å². The fourth-order valence-corrected chi connectivity index (χ4v) is 5.46. The monoisotopic (exact) mass is 263 g/mol. The number of rotatable bonds is 5. The molecule has 1 heteroatoms. The third-order valence-corrected chi connectivity index (χ3v) is 6.58. The summed E-state index contributed by atoms with van der Waals surface area (Å²) in [6.45, 7) is 9.88. The molecule has 3 unspecified atom stereocenters. The molecule has 0 aromatic rings. The van der Waals surface area contributed by atoms with Crippen LogP contribution < -0.4 is 5.32 Å². The zero-order valence-electron chi connectivity index (χ0n) is 13.4. The van der Waals surface area contributed by atoms with Crippen LogP contribution in [0.2, 0.25) is 0 Å². The number of piperidine rings is 1. The van der Waals surface area contributed by atoms with Gasteiger partial charge < -0.3 is 5.32 Å². The molecule has 3 fully saturated rings. The van der Waals surface area contributed by atoms with Crippen molar-refractivity contribution in [2.24, 2.45) is 29.1 Å². The third-order valence-electron chi connectivity index (χ3n) is 6.58. The maximum Gasteiger partial charge on any atom is 0.0109 e. The number of nitrogens with one attached hydrogen (secondary N) is 1. The fourth-order valence-electron chi connectivity index (χ4n) is 5.46.